The van der Waals surface area contributed by atoms with E-state index in [9.17, 15) is 4.79 Å². The minimum Gasteiger partial charge on any atom is -0.394 e. The van der Waals surface area contributed by atoms with Gasteiger partial charge in [0.1, 0.15) is 0 Å². The molecule has 0 aromatic heterocycles. The second-order valence-electron chi connectivity index (χ2n) is 4.64. The predicted octanol–water partition coefficient (Wildman–Crippen LogP) is 1.59. The zero-order valence-electron chi connectivity index (χ0n) is 10.8. The van der Waals surface area contributed by atoms with Crippen LogP contribution in [0, 0.1) is 0 Å². The molecule has 0 saturated carbocycles. The molecule has 1 saturated heterocycles. The van der Waals surface area contributed by atoms with Crippen LogP contribution in [0.5, 0.6) is 0 Å². The van der Waals surface area contributed by atoms with Crippen molar-refractivity contribution in [2.75, 3.05) is 26.3 Å². The first-order valence-corrected chi connectivity index (χ1v) is 6.96. The maximum absolute atomic E-state index is 12.3. The number of nitrogens with zero attached hydrogens (tertiary/aromatic N) is 1. The summed E-state index contributed by atoms with van der Waals surface area (Å²) >= 11 is 4.25. The molecule has 1 aromatic rings. The molecule has 0 radical (unpaired) electrons. The number of aliphatic hydroxyl groups is 1. The summed E-state index contributed by atoms with van der Waals surface area (Å²) < 4.78 is 5.48. The fraction of sp³-hybridized carbons (Fsp3) is 0.500. The molecule has 104 valence electrons. The van der Waals surface area contributed by atoms with Crippen LogP contribution in [0.4, 0.5) is 0 Å². The summed E-state index contributed by atoms with van der Waals surface area (Å²) in [5.41, 5.74) is 0.683. The number of amides is 1. The van der Waals surface area contributed by atoms with Crippen molar-refractivity contribution in [3.63, 3.8) is 0 Å². The molecule has 1 aromatic carbocycles. The quantitative estimate of drug-likeness (QED) is 0.824. The Kier molecular flexibility index (Phi) is 5.24. The molecule has 1 amide bonds. The van der Waals surface area contributed by atoms with Gasteiger partial charge in [-0.25, -0.2) is 0 Å². The lowest BCUT2D eigenvalue weighted by Crippen LogP contribution is -2.41. The van der Waals surface area contributed by atoms with Crippen molar-refractivity contribution < 1.29 is 14.6 Å². The molecular weight excluding hydrogens is 262 g/mol. The van der Waals surface area contributed by atoms with Gasteiger partial charge in [0.15, 0.2) is 0 Å². The van der Waals surface area contributed by atoms with Crippen molar-refractivity contribution in [1.82, 2.24) is 4.90 Å². The minimum absolute atomic E-state index is 0.0495. The Morgan fingerprint density at radius 3 is 2.79 bits per heavy atom. The highest BCUT2D eigenvalue weighted by molar-refractivity contribution is 7.80. The second kappa shape index (κ2) is 6.93. The van der Waals surface area contributed by atoms with Crippen LogP contribution >= 0.6 is 12.6 Å². The largest absolute Gasteiger partial charge is 0.394 e. The van der Waals surface area contributed by atoms with E-state index < -0.39 is 0 Å². The Hall–Kier alpha value is -1.04. The highest BCUT2D eigenvalue weighted by Crippen LogP contribution is 2.17. The van der Waals surface area contributed by atoms with E-state index >= 15 is 0 Å². The zero-order chi connectivity index (χ0) is 13.7. The van der Waals surface area contributed by atoms with Gasteiger partial charge in [0.05, 0.1) is 19.3 Å². The average Bonchev–Trinajstić information content (AvgIpc) is 2.45. The van der Waals surface area contributed by atoms with E-state index in [2.05, 4.69) is 12.6 Å². The van der Waals surface area contributed by atoms with Gasteiger partial charge in [-0.2, -0.15) is 0 Å². The third-order valence-electron chi connectivity index (χ3n) is 3.27. The maximum Gasteiger partial charge on any atom is 0.253 e. The first-order chi connectivity index (χ1) is 9.20. The Bertz CT molecular complexity index is 430. The van der Waals surface area contributed by atoms with Crippen LogP contribution < -0.4 is 0 Å². The molecular formula is C14H19NO3S. The number of thiol groups is 1. The molecule has 0 unspecified atom stereocenters. The summed E-state index contributed by atoms with van der Waals surface area (Å²) in [7, 11) is 0. The molecule has 1 heterocycles. The molecule has 2 rings (SSSR count). The lowest BCUT2D eigenvalue weighted by Gasteiger charge is -2.32. The Balaban J connectivity index is 1.89. The van der Waals surface area contributed by atoms with E-state index in [1.54, 1.807) is 6.07 Å². The molecule has 1 N–H and O–H groups in total. The molecule has 0 atom stereocenters. The standard InChI is InChI=1S/C14H19NO3S/c16-8-9-18-12-4-6-15(7-5-12)14(17)11-2-1-3-13(19)10-11/h1-3,10,12,16,19H,4-9H2. The van der Waals surface area contributed by atoms with Crippen LogP contribution in [0.3, 0.4) is 0 Å². The summed E-state index contributed by atoms with van der Waals surface area (Å²) in [5.74, 6) is 0.0523. The molecule has 0 spiro atoms. The smallest absolute Gasteiger partial charge is 0.253 e. The normalized spacial score (nSPS) is 16.6. The van der Waals surface area contributed by atoms with Crippen LogP contribution in [0.15, 0.2) is 29.2 Å². The van der Waals surface area contributed by atoms with Crippen LogP contribution in [0.25, 0.3) is 0 Å². The number of carbonyl (C=O) groups excluding carboxylic acids is 1. The first-order valence-electron chi connectivity index (χ1n) is 6.51. The highest BCUT2D eigenvalue weighted by atomic mass is 32.1. The van der Waals surface area contributed by atoms with Gasteiger partial charge in [-0.1, -0.05) is 6.07 Å². The number of aliphatic hydroxyl groups excluding tert-OH is 1. The van der Waals surface area contributed by atoms with Crippen molar-refractivity contribution in [2.24, 2.45) is 0 Å². The molecule has 0 bridgehead atoms. The first kappa shape index (κ1) is 14.4. The number of likely N-dealkylation sites (tertiary alicyclic amines) is 1. The van der Waals surface area contributed by atoms with E-state index in [1.807, 2.05) is 23.1 Å². The molecule has 4 nitrogen and oxygen atoms in total. The Morgan fingerprint density at radius 2 is 2.16 bits per heavy atom. The van der Waals surface area contributed by atoms with E-state index in [0.29, 0.717) is 25.3 Å². The molecule has 1 aliphatic heterocycles. The van der Waals surface area contributed by atoms with Crippen LogP contribution in [0.2, 0.25) is 0 Å². The van der Waals surface area contributed by atoms with Gasteiger partial charge >= 0.3 is 0 Å². The Morgan fingerprint density at radius 1 is 1.42 bits per heavy atom. The highest BCUT2D eigenvalue weighted by Gasteiger charge is 2.23. The Labute approximate surface area is 118 Å². The van der Waals surface area contributed by atoms with Gasteiger partial charge in [-0.15, -0.1) is 12.6 Å². The fourth-order valence-corrected chi connectivity index (χ4v) is 2.49. The minimum atomic E-state index is 0.0495. The SMILES string of the molecule is O=C(c1cccc(S)c1)N1CCC(OCCO)CC1. The lowest BCUT2D eigenvalue weighted by atomic mass is 10.1. The summed E-state index contributed by atoms with van der Waals surface area (Å²) in [5, 5.41) is 8.72. The fourth-order valence-electron chi connectivity index (χ4n) is 2.27. The van der Waals surface area contributed by atoms with Gasteiger partial charge in [-0.05, 0) is 31.0 Å². The lowest BCUT2D eigenvalue weighted by molar-refractivity contribution is -0.00554. The molecule has 5 heteroatoms. The van der Waals surface area contributed by atoms with E-state index in [0.717, 1.165) is 17.7 Å². The average molecular weight is 281 g/mol. The van der Waals surface area contributed by atoms with E-state index in [4.69, 9.17) is 9.84 Å². The number of rotatable bonds is 4. The van der Waals surface area contributed by atoms with Crippen molar-refractivity contribution in [3.05, 3.63) is 29.8 Å². The van der Waals surface area contributed by atoms with Gasteiger partial charge in [0.2, 0.25) is 0 Å². The van der Waals surface area contributed by atoms with Crippen molar-refractivity contribution in [2.45, 2.75) is 23.8 Å². The van der Waals surface area contributed by atoms with Gasteiger partial charge in [0.25, 0.3) is 5.91 Å². The number of carbonyl (C=O) groups is 1. The monoisotopic (exact) mass is 281 g/mol. The number of piperidine rings is 1. The molecule has 1 fully saturated rings. The van der Waals surface area contributed by atoms with Gasteiger partial charge < -0.3 is 14.7 Å². The number of benzene rings is 1. The van der Waals surface area contributed by atoms with Gasteiger partial charge in [0, 0.05) is 23.5 Å². The van der Waals surface area contributed by atoms with Crippen molar-refractivity contribution in [3.8, 4) is 0 Å². The van der Waals surface area contributed by atoms with Crippen molar-refractivity contribution >= 4 is 18.5 Å². The summed E-state index contributed by atoms with van der Waals surface area (Å²) in [6.07, 6.45) is 1.81. The third-order valence-corrected chi connectivity index (χ3v) is 3.55. The summed E-state index contributed by atoms with van der Waals surface area (Å²) in [4.78, 5) is 14.9. The van der Waals surface area contributed by atoms with Gasteiger partial charge in [-0.3, -0.25) is 4.79 Å². The number of hydrogen-bond acceptors (Lipinski definition) is 4. The zero-order valence-corrected chi connectivity index (χ0v) is 11.7. The van der Waals surface area contributed by atoms with Crippen molar-refractivity contribution in [1.29, 1.82) is 0 Å². The molecule has 19 heavy (non-hydrogen) atoms. The molecule has 1 aliphatic rings. The van der Waals surface area contributed by atoms with E-state index in [1.165, 1.54) is 0 Å². The summed E-state index contributed by atoms with van der Waals surface area (Å²) in [6.45, 7) is 1.83. The van der Waals surface area contributed by atoms with Crippen LogP contribution in [0.1, 0.15) is 23.2 Å². The predicted molar refractivity (Wildman–Crippen MR) is 75.7 cm³/mol. The number of ether oxygens (including phenoxy) is 1. The maximum atomic E-state index is 12.3. The van der Waals surface area contributed by atoms with Crippen LogP contribution in [-0.4, -0.2) is 48.3 Å². The second-order valence-corrected chi connectivity index (χ2v) is 5.15. The topological polar surface area (TPSA) is 49.8 Å². The van der Waals surface area contributed by atoms with Crippen LogP contribution in [-0.2, 0) is 4.74 Å². The number of hydrogen-bond donors (Lipinski definition) is 2. The van der Waals surface area contributed by atoms with E-state index in [-0.39, 0.29) is 18.6 Å². The third kappa shape index (κ3) is 3.96. The summed E-state index contributed by atoms with van der Waals surface area (Å²) in [6, 6.07) is 7.30. The molecule has 0 aliphatic carbocycles.